The van der Waals surface area contributed by atoms with Crippen molar-refractivity contribution in [3.05, 3.63) is 56.7 Å². The molecule has 3 aromatic rings. The van der Waals surface area contributed by atoms with Gasteiger partial charge in [0.15, 0.2) is 0 Å². The molecule has 0 radical (unpaired) electrons. The molecule has 1 N–H and O–H groups in total. The minimum atomic E-state index is -0.0558. The van der Waals surface area contributed by atoms with Crippen molar-refractivity contribution < 1.29 is 4.79 Å². The highest BCUT2D eigenvalue weighted by Gasteiger charge is 2.16. The SMILES string of the molecule is Cc1ccc2nc(C)c(C(=O)NCCc3nc4c(s3)CCCC4)cc2c1. The van der Waals surface area contributed by atoms with Crippen LogP contribution in [0, 0.1) is 13.8 Å². The molecule has 1 aliphatic carbocycles. The number of carbonyl (C=O) groups is 1. The molecule has 0 saturated carbocycles. The standard InChI is InChI=1S/C21H23N3OS/c1-13-7-8-17-15(11-13)12-16(14(2)23-17)21(25)22-10-9-20-24-18-5-3-4-6-19(18)26-20/h7-8,11-12H,3-6,9-10H2,1-2H3,(H,22,25). The van der Waals surface area contributed by atoms with Gasteiger partial charge in [-0.25, -0.2) is 4.98 Å². The molecule has 0 aliphatic heterocycles. The Hall–Kier alpha value is -2.27. The molecule has 0 unspecified atom stereocenters. The Kier molecular flexibility index (Phi) is 4.72. The van der Waals surface area contributed by atoms with Crippen molar-refractivity contribution in [2.75, 3.05) is 6.54 Å². The lowest BCUT2D eigenvalue weighted by Gasteiger charge is -2.09. The number of hydrogen-bond donors (Lipinski definition) is 1. The van der Waals surface area contributed by atoms with E-state index in [1.54, 1.807) is 0 Å². The zero-order valence-electron chi connectivity index (χ0n) is 15.3. The average molecular weight is 366 g/mol. The molecule has 1 aromatic carbocycles. The number of carbonyl (C=O) groups excluding carboxylic acids is 1. The molecule has 0 saturated heterocycles. The minimum Gasteiger partial charge on any atom is -0.352 e. The van der Waals surface area contributed by atoms with Gasteiger partial charge in [0.1, 0.15) is 0 Å². The zero-order chi connectivity index (χ0) is 18.1. The summed E-state index contributed by atoms with van der Waals surface area (Å²) in [5.74, 6) is -0.0558. The second kappa shape index (κ2) is 7.16. The van der Waals surface area contributed by atoms with E-state index in [1.807, 2.05) is 43.4 Å². The third-order valence-corrected chi connectivity index (χ3v) is 6.14. The minimum absolute atomic E-state index is 0.0558. The molecule has 2 aromatic heterocycles. The lowest BCUT2D eigenvalue weighted by molar-refractivity contribution is 0.0953. The highest BCUT2D eigenvalue weighted by molar-refractivity contribution is 7.11. The Morgan fingerprint density at radius 3 is 2.85 bits per heavy atom. The van der Waals surface area contributed by atoms with Gasteiger partial charge in [0.05, 0.1) is 27.5 Å². The zero-order valence-corrected chi connectivity index (χ0v) is 16.1. The van der Waals surface area contributed by atoms with Gasteiger partial charge in [0.2, 0.25) is 0 Å². The number of thiazole rings is 1. The predicted molar refractivity (Wildman–Crippen MR) is 106 cm³/mol. The van der Waals surface area contributed by atoms with Crippen LogP contribution in [-0.4, -0.2) is 22.4 Å². The maximum absolute atomic E-state index is 12.6. The lowest BCUT2D eigenvalue weighted by atomic mass is 10.0. The third-order valence-electron chi connectivity index (χ3n) is 4.92. The number of aryl methyl sites for hydroxylation is 4. The van der Waals surface area contributed by atoms with Gasteiger partial charge in [0.25, 0.3) is 5.91 Å². The number of aromatic nitrogens is 2. The van der Waals surface area contributed by atoms with Crippen LogP contribution in [0.5, 0.6) is 0 Å². The van der Waals surface area contributed by atoms with Gasteiger partial charge in [-0.1, -0.05) is 11.6 Å². The Morgan fingerprint density at radius 2 is 2.00 bits per heavy atom. The molecular formula is C21H23N3OS. The maximum Gasteiger partial charge on any atom is 0.253 e. The smallest absolute Gasteiger partial charge is 0.253 e. The maximum atomic E-state index is 12.6. The van der Waals surface area contributed by atoms with E-state index >= 15 is 0 Å². The van der Waals surface area contributed by atoms with E-state index < -0.39 is 0 Å². The highest BCUT2D eigenvalue weighted by atomic mass is 32.1. The van der Waals surface area contributed by atoms with E-state index in [0.717, 1.165) is 34.4 Å². The molecule has 1 amide bonds. The van der Waals surface area contributed by atoms with Crippen LogP contribution in [0.2, 0.25) is 0 Å². The van der Waals surface area contributed by atoms with E-state index in [0.29, 0.717) is 12.1 Å². The molecule has 134 valence electrons. The van der Waals surface area contributed by atoms with Crippen LogP contribution in [0.3, 0.4) is 0 Å². The van der Waals surface area contributed by atoms with Gasteiger partial charge in [-0.15, -0.1) is 11.3 Å². The molecule has 5 heteroatoms. The van der Waals surface area contributed by atoms with Gasteiger partial charge in [-0.2, -0.15) is 0 Å². The predicted octanol–water partition coefficient (Wildman–Crippen LogP) is 4.16. The summed E-state index contributed by atoms with van der Waals surface area (Å²) in [6.45, 7) is 4.55. The van der Waals surface area contributed by atoms with Crippen molar-refractivity contribution in [1.82, 2.24) is 15.3 Å². The third kappa shape index (κ3) is 3.49. The fourth-order valence-corrected chi connectivity index (χ4v) is 4.67. The van der Waals surface area contributed by atoms with Gasteiger partial charge >= 0.3 is 0 Å². The highest BCUT2D eigenvalue weighted by Crippen LogP contribution is 2.26. The van der Waals surface area contributed by atoms with Crippen LogP contribution < -0.4 is 5.32 Å². The van der Waals surface area contributed by atoms with E-state index in [4.69, 9.17) is 4.98 Å². The van der Waals surface area contributed by atoms with Crippen LogP contribution in [0.25, 0.3) is 10.9 Å². The molecule has 1 aliphatic rings. The summed E-state index contributed by atoms with van der Waals surface area (Å²) < 4.78 is 0. The van der Waals surface area contributed by atoms with E-state index in [-0.39, 0.29) is 5.91 Å². The molecule has 4 nitrogen and oxygen atoms in total. The van der Waals surface area contributed by atoms with Crippen molar-refractivity contribution in [3.8, 4) is 0 Å². The van der Waals surface area contributed by atoms with E-state index in [1.165, 1.54) is 35.4 Å². The second-order valence-corrected chi connectivity index (χ2v) is 8.18. The quantitative estimate of drug-likeness (QED) is 0.755. The summed E-state index contributed by atoms with van der Waals surface area (Å²) in [7, 11) is 0. The first-order valence-electron chi connectivity index (χ1n) is 9.24. The van der Waals surface area contributed by atoms with E-state index in [2.05, 4.69) is 16.4 Å². The van der Waals surface area contributed by atoms with Gasteiger partial charge in [-0.3, -0.25) is 9.78 Å². The first-order chi connectivity index (χ1) is 12.6. The fourth-order valence-electron chi connectivity index (χ4n) is 3.51. The monoisotopic (exact) mass is 365 g/mol. The molecule has 0 bridgehead atoms. The van der Waals surface area contributed by atoms with Crippen LogP contribution in [0.15, 0.2) is 24.3 Å². The van der Waals surface area contributed by atoms with Crippen molar-refractivity contribution in [1.29, 1.82) is 0 Å². The molecule has 0 fully saturated rings. The van der Waals surface area contributed by atoms with Gasteiger partial charge < -0.3 is 5.32 Å². The largest absolute Gasteiger partial charge is 0.352 e. The normalized spacial score (nSPS) is 13.6. The Morgan fingerprint density at radius 1 is 1.15 bits per heavy atom. The number of fused-ring (bicyclic) bond motifs is 2. The summed E-state index contributed by atoms with van der Waals surface area (Å²) in [5.41, 5.74) is 4.80. The lowest BCUT2D eigenvalue weighted by Crippen LogP contribution is -2.26. The Bertz CT molecular complexity index is 953. The van der Waals surface area contributed by atoms with Crippen molar-refractivity contribution in [3.63, 3.8) is 0 Å². The first-order valence-corrected chi connectivity index (χ1v) is 10.1. The number of benzene rings is 1. The molecule has 26 heavy (non-hydrogen) atoms. The first kappa shape index (κ1) is 17.2. The van der Waals surface area contributed by atoms with Crippen LogP contribution in [-0.2, 0) is 19.3 Å². The topological polar surface area (TPSA) is 54.9 Å². The molecule has 4 rings (SSSR count). The van der Waals surface area contributed by atoms with Gasteiger partial charge in [-0.05, 0) is 57.7 Å². The molecular weight excluding hydrogens is 342 g/mol. The Labute approximate surface area is 157 Å². The van der Waals surface area contributed by atoms with Gasteiger partial charge in [0, 0.05) is 23.2 Å². The summed E-state index contributed by atoms with van der Waals surface area (Å²) in [4.78, 5) is 23.4. The van der Waals surface area contributed by atoms with E-state index in [9.17, 15) is 4.79 Å². The fraction of sp³-hybridized carbons (Fsp3) is 0.381. The summed E-state index contributed by atoms with van der Waals surface area (Å²) >= 11 is 1.81. The van der Waals surface area contributed by atoms with Crippen molar-refractivity contribution in [2.45, 2.75) is 46.0 Å². The van der Waals surface area contributed by atoms with Crippen molar-refractivity contribution >= 4 is 28.1 Å². The van der Waals surface area contributed by atoms with Crippen LogP contribution in [0.4, 0.5) is 0 Å². The van der Waals surface area contributed by atoms with Crippen LogP contribution >= 0.6 is 11.3 Å². The number of nitrogens with one attached hydrogen (secondary N) is 1. The molecule has 0 atom stereocenters. The number of rotatable bonds is 4. The van der Waals surface area contributed by atoms with Crippen LogP contribution in [0.1, 0.15) is 50.0 Å². The summed E-state index contributed by atoms with van der Waals surface area (Å²) in [5, 5.41) is 5.18. The summed E-state index contributed by atoms with van der Waals surface area (Å²) in [6.07, 6.45) is 5.60. The molecule has 2 heterocycles. The Balaban J connectivity index is 1.44. The number of amides is 1. The number of hydrogen-bond acceptors (Lipinski definition) is 4. The van der Waals surface area contributed by atoms with Crippen molar-refractivity contribution in [2.24, 2.45) is 0 Å². The number of pyridine rings is 1. The number of nitrogens with zero attached hydrogens (tertiary/aromatic N) is 2. The average Bonchev–Trinajstić information content (AvgIpc) is 3.04. The second-order valence-electron chi connectivity index (χ2n) is 7.01. The summed E-state index contributed by atoms with van der Waals surface area (Å²) in [6, 6.07) is 8.06. The molecule has 0 spiro atoms.